The third-order valence-corrected chi connectivity index (χ3v) is 2.55. The number of hydrogen-bond donors (Lipinski definition) is 0. The fourth-order valence-electron chi connectivity index (χ4n) is 1.85. The molecule has 0 unspecified atom stereocenters. The number of halogens is 1. The van der Waals surface area contributed by atoms with Crippen molar-refractivity contribution in [2.75, 3.05) is 11.4 Å². The van der Waals surface area contributed by atoms with Gasteiger partial charge in [0.2, 0.25) is 0 Å². The minimum atomic E-state index is 0. The van der Waals surface area contributed by atoms with Crippen molar-refractivity contribution in [3.8, 4) is 0 Å². The van der Waals surface area contributed by atoms with Gasteiger partial charge in [0.1, 0.15) is 0 Å². The summed E-state index contributed by atoms with van der Waals surface area (Å²) in [6, 6.07) is 8.41. The van der Waals surface area contributed by atoms with Gasteiger partial charge in [-0.3, -0.25) is 4.99 Å². The van der Waals surface area contributed by atoms with E-state index in [1.807, 2.05) is 12.4 Å². The van der Waals surface area contributed by atoms with Crippen LogP contribution in [0.15, 0.2) is 47.2 Å². The summed E-state index contributed by atoms with van der Waals surface area (Å²) in [5.74, 6) is 0. The van der Waals surface area contributed by atoms with E-state index in [9.17, 15) is 0 Å². The lowest BCUT2D eigenvalue weighted by Gasteiger charge is -2.30. The molecule has 0 radical (unpaired) electrons. The Bertz CT molecular complexity index is 460. The maximum Gasteiger partial charge on any atom is 0.0600 e. The van der Waals surface area contributed by atoms with Gasteiger partial charge < -0.3 is 4.90 Å². The first-order valence-electron chi connectivity index (χ1n) is 4.71. The van der Waals surface area contributed by atoms with Crippen molar-refractivity contribution in [3.05, 3.63) is 47.8 Å². The summed E-state index contributed by atoms with van der Waals surface area (Å²) in [6.07, 6.45) is 8.08. The second-order valence-corrected chi connectivity index (χ2v) is 3.39. The molecule has 3 rings (SSSR count). The number of hydrogen-bond acceptors (Lipinski definition) is 2. The Morgan fingerprint density at radius 3 is 2.93 bits per heavy atom. The lowest BCUT2D eigenvalue weighted by molar-refractivity contribution is 1.04. The Morgan fingerprint density at radius 1 is 1.13 bits per heavy atom. The molecule has 1 aromatic rings. The van der Waals surface area contributed by atoms with Crippen LogP contribution in [0.5, 0.6) is 0 Å². The number of fused-ring (bicyclic) bond motifs is 3. The van der Waals surface area contributed by atoms with E-state index in [1.54, 1.807) is 0 Å². The molecule has 15 heavy (non-hydrogen) atoms. The summed E-state index contributed by atoms with van der Waals surface area (Å²) in [5, 5.41) is 0. The molecule has 0 N–H and O–H groups in total. The van der Waals surface area contributed by atoms with Crippen molar-refractivity contribution in [3.63, 3.8) is 0 Å². The van der Waals surface area contributed by atoms with E-state index in [0.717, 1.165) is 6.54 Å². The molecule has 1 aromatic carbocycles. The molecular weight excluding hydrogens is 208 g/mol. The molecule has 2 aliphatic rings. The predicted octanol–water partition coefficient (Wildman–Crippen LogP) is 2.87. The summed E-state index contributed by atoms with van der Waals surface area (Å²) < 4.78 is 0. The Kier molecular flexibility index (Phi) is 2.60. The van der Waals surface area contributed by atoms with Crippen LogP contribution in [-0.2, 0) is 0 Å². The first-order chi connectivity index (χ1) is 6.95. The van der Waals surface area contributed by atoms with E-state index >= 15 is 0 Å². The first-order valence-corrected chi connectivity index (χ1v) is 4.71. The average Bonchev–Trinajstić information content (AvgIpc) is 2.29. The van der Waals surface area contributed by atoms with Crippen molar-refractivity contribution in [1.82, 2.24) is 0 Å². The second-order valence-electron chi connectivity index (χ2n) is 3.39. The lowest BCUT2D eigenvalue weighted by Crippen LogP contribution is -2.27. The van der Waals surface area contributed by atoms with Crippen molar-refractivity contribution in [1.29, 1.82) is 0 Å². The topological polar surface area (TPSA) is 15.6 Å². The molecule has 2 aliphatic heterocycles. The molecule has 0 amide bonds. The van der Waals surface area contributed by atoms with E-state index in [4.69, 9.17) is 0 Å². The van der Waals surface area contributed by atoms with Gasteiger partial charge in [-0.1, -0.05) is 24.3 Å². The van der Waals surface area contributed by atoms with Gasteiger partial charge in [-0.15, -0.1) is 12.4 Å². The van der Waals surface area contributed by atoms with E-state index < -0.39 is 0 Å². The molecule has 0 aliphatic carbocycles. The standard InChI is InChI=1S/C12H10N2.ClH/c1-2-4-12-10(3-1)5-6-11-9-13-7-8-14(11)12;/h1-7,9H,8H2;1H. The van der Waals surface area contributed by atoms with Gasteiger partial charge >= 0.3 is 0 Å². The van der Waals surface area contributed by atoms with Crippen LogP contribution in [0, 0.1) is 0 Å². The van der Waals surface area contributed by atoms with E-state index in [-0.39, 0.29) is 12.4 Å². The Morgan fingerprint density at radius 2 is 2.00 bits per heavy atom. The Balaban J connectivity index is 0.000000853. The molecule has 0 saturated heterocycles. The molecule has 0 aromatic heterocycles. The van der Waals surface area contributed by atoms with Crippen LogP contribution in [0.2, 0.25) is 0 Å². The number of para-hydroxylation sites is 1. The molecular formula is C12H11ClN2. The van der Waals surface area contributed by atoms with Gasteiger partial charge in [0, 0.05) is 11.9 Å². The smallest absolute Gasteiger partial charge is 0.0600 e. The molecule has 2 nitrogen and oxygen atoms in total. The summed E-state index contributed by atoms with van der Waals surface area (Å²) in [5.41, 5.74) is 3.72. The third-order valence-electron chi connectivity index (χ3n) is 2.55. The zero-order valence-electron chi connectivity index (χ0n) is 8.13. The molecule has 0 atom stereocenters. The van der Waals surface area contributed by atoms with E-state index in [0.29, 0.717) is 0 Å². The molecule has 76 valence electrons. The second kappa shape index (κ2) is 3.91. The molecule has 3 heteroatoms. The van der Waals surface area contributed by atoms with Crippen molar-refractivity contribution < 1.29 is 0 Å². The summed E-state index contributed by atoms with van der Waals surface area (Å²) in [4.78, 5) is 6.42. The van der Waals surface area contributed by atoms with Crippen LogP contribution in [0.3, 0.4) is 0 Å². The first kappa shape index (κ1) is 9.99. The van der Waals surface area contributed by atoms with E-state index in [2.05, 4.69) is 46.3 Å². The number of rotatable bonds is 0. The van der Waals surface area contributed by atoms with E-state index in [1.165, 1.54) is 16.9 Å². The highest BCUT2D eigenvalue weighted by Gasteiger charge is 2.17. The van der Waals surface area contributed by atoms with Crippen LogP contribution in [0.1, 0.15) is 5.56 Å². The summed E-state index contributed by atoms with van der Waals surface area (Å²) >= 11 is 0. The zero-order chi connectivity index (χ0) is 9.38. The highest BCUT2D eigenvalue weighted by molar-refractivity contribution is 5.85. The molecule has 0 spiro atoms. The summed E-state index contributed by atoms with van der Waals surface area (Å²) in [6.45, 7) is 0.868. The van der Waals surface area contributed by atoms with Crippen LogP contribution in [-0.4, -0.2) is 12.8 Å². The maximum atomic E-state index is 4.15. The maximum absolute atomic E-state index is 4.15. The Hall–Kier alpha value is -1.54. The number of benzene rings is 1. The fraction of sp³-hybridized carbons (Fsp3) is 0.0833. The van der Waals surface area contributed by atoms with Gasteiger partial charge in [-0.05, 0) is 17.7 Å². The van der Waals surface area contributed by atoms with Crippen molar-refractivity contribution in [2.24, 2.45) is 4.99 Å². The normalized spacial score (nSPS) is 16.3. The molecule has 0 fully saturated rings. The molecule has 2 heterocycles. The minimum absolute atomic E-state index is 0. The number of nitrogens with zero attached hydrogens (tertiary/aromatic N) is 2. The largest absolute Gasteiger partial charge is 0.334 e. The van der Waals surface area contributed by atoms with Crippen LogP contribution < -0.4 is 4.90 Å². The van der Waals surface area contributed by atoms with Crippen LogP contribution in [0.25, 0.3) is 6.08 Å². The monoisotopic (exact) mass is 218 g/mol. The molecule has 0 bridgehead atoms. The highest BCUT2D eigenvalue weighted by Crippen LogP contribution is 2.30. The van der Waals surface area contributed by atoms with Crippen molar-refractivity contribution >= 4 is 30.4 Å². The van der Waals surface area contributed by atoms with Crippen LogP contribution in [0.4, 0.5) is 5.69 Å². The Labute approximate surface area is 95.0 Å². The zero-order valence-corrected chi connectivity index (χ0v) is 8.95. The lowest BCUT2D eigenvalue weighted by atomic mass is 10.1. The SMILES string of the molecule is C1=Cc2ccccc2N2CC=NC=C12.Cl. The predicted molar refractivity (Wildman–Crippen MR) is 66.6 cm³/mol. The summed E-state index contributed by atoms with van der Waals surface area (Å²) in [7, 11) is 0. The third kappa shape index (κ3) is 1.57. The highest BCUT2D eigenvalue weighted by atomic mass is 35.5. The molecule has 0 saturated carbocycles. The van der Waals surface area contributed by atoms with Gasteiger partial charge in [0.25, 0.3) is 0 Å². The quantitative estimate of drug-likeness (QED) is 0.654. The minimum Gasteiger partial charge on any atom is -0.334 e. The van der Waals surface area contributed by atoms with Gasteiger partial charge in [-0.2, -0.15) is 0 Å². The average molecular weight is 219 g/mol. The number of anilines is 1. The van der Waals surface area contributed by atoms with Gasteiger partial charge in [0.05, 0.1) is 18.4 Å². The fourth-order valence-corrected chi connectivity index (χ4v) is 1.85. The number of allylic oxidation sites excluding steroid dienone is 1. The van der Waals surface area contributed by atoms with Gasteiger partial charge in [0.15, 0.2) is 0 Å². The number of aliphatic imine (C=N–C) groups is 1. The van der Waals surface area contributed by atoms with Crippen LogP contribution >= 0.6 is 12.4 Å². The van der Waals surface area contributed by atoms with Crippen molar-refractivity contribution in [2.45, 2.75) is 0 Å². The van der Waals surface area contributed by atoms with Gasteiger partial charge in [-0.25, -0.2) is 0 Å².